The van der Waals surface area contributed by atoms with Gasteiger partial charge in [-0.05, 0) is 36.5 Å². The molecule has 1 saturated heterocycles. The molecule has 1 heterocycles. The Morgan fingerprint density at radius 1 is 1.48 bits per heavy atom. The molecule has 1 aromatic rings. The lowest BCUT2D eigenvalue weighted by atomic mass is 9.89. The molecular formula is C16H23ClN2O2. The summed E-state index contributed by atoms with van der Waals surface area (Å²) in [6.45, 7) is 2.53. The van der Waals surface area contributed by atoms with Crippen molar-refractivity contribution in [1.29, 1.82) is 0 Å². The van der Waals surface area contributed by atoms with Crippen molar-refractivity contribution in [1.82, 2.24) is 4.90 Å². The Kier molecular flexibility index (Phi) is 6.03. The van der Waals surface area contributed by atoms with Gasteiger partial charge in [-0.15, -0.1) is 0 Å². The quantitative estimate of drug-likeness (QED) is 0.846. The molecule has 2 rings (SSSR count). The molecule has 0 amide bonds. The number of carbonyl (C=O) groups excluding carboxylic acids is 1. The Labute approximate surface area is 131 Å². The smallest absolute Gasteiger partial charge is 0.306 e. The van der Waals surface area contributed by atoms with Gasteiger partial charge in [-0.25, -0.2) is 0 Å². The van der Waals surface area contributed by atoms with E-state index >= 15 is 0 Å². The summed E-state index contributed by atoms with van der Waals surface area (Å²) in [6.07, 6.45) is 2.41. The molecule has 2 N–H and O–H groups in total. The number of hydrogen-bond acceptors (Lipinski definition) is 4. The molecule has 0 saturated carbocycles. The minimum Gasteiger partial charge on any atom is -0.469 e. The van der Waals surface area contributed by atoms with E-state index in [0.717, 1.165) is 31.0 Å². The van der Waals surface area contributed by atoms with Crippen LogP contribution < -0.4 is 5.73 Å². The van der Waals surface area contributed by atoms with Gasteiger partial charge >= 0.3 is 5.97 Å². The van der Waals surface area contributed by atoms with Gasteiger partial charge < -0.3 is 15.4 Å². The summed E-state index contributed by atoms with van der Waals surface area (Å²) in [4.78, 5) is 13.5. The van der Waals surface area contributed by atoms with E-state index in [9.17, 15) is 4.79 Å². The van der Waals surface area contributed by atoms with Crippen LogP contribution in [0.5, 0.6) is 0 Å². The van der Waals surface area contributed by atoms with Crippen molar-refractivity contribution in [3.8, 4) is 0 Å². The maximum absolute atomic E-state index is 11.3. The van der Waals surface area contributed by atoms with Crippen LogP contribution in [0.15, 0.2) is 24.3 Å². The number of carbonyl (C=O) groups is 1. The fraction of sp³-hybridized carbons (Fsp3) is 0.562. The zero-order valence-corrected chi connectivity index (χ0v) is 13.2. The van der Waals surface area contributed by atoms with Gasteiger partial charge in [-0.3, -0.25) is 4.79 Å². The second-order valence-electron chi connectivity index (χ2n) is 5.78. The molecule has 0 aliphatic carbocycles. The first-order valence-electron chi connectivity index (χ1n) is 7.36. The number of benzene rings is 1. The van der Waals surface area contributed by atoms with Gasteiger partial charge in [-0.2, -0.15) is 0 Å². The lowest BCUT2D eigenvalue weighted by Crippen LogP contribution is -2.48. The Hall–Kier alpha value is -1.10. The van der Waals surface area contributed by atoms with E-state index in [0.29, 0.717) is 18.9 Å². The van der Waals surface area contributed by atoms with Crippen molar-refractivity contribution >= 4 is 17.6 Å². The van der Waals surface area contributed by atoms with Crippen molar-refractivity contribution < 1.29 is 9.53 Å². The molecule has 5 heteroatoms. The highest BCUT2D eigenvalue weighted by Gasteiger charge is 2.25. The highest BCUT2D eigenvalue weighted by Crippen LogP contribution is 2.22. The summed E-state index contributed by atoms with van der Waals surface area (Å²) >= 11 is 6.03. The van der Waals surface area contributed by atoms with Crippen molar-refractivity contribution in [3.05, 3.63) is 34.9 Å². The lowest BCUT2D eigenvalue weighted by Gasteiger charge is -2.36. The number of piperidine rings is 1. The van der Waals surface area contributed by atoms with Crippen LogP contribution in [0.2, 0.25) is 5.02 Å². The standard InChI is InChI=1S/C16H23ClN2O2/c1-21-16(20)5-6-19-10-13(9-15(18)11-19)7-12-3-2-4-14(17)8-12/h2-4,8,13,15H,5-7,9-11,18H2,1H3. The molecule has 21 heavy (non-hydrogen) atoms. The maximum atomic E-state index is 11.3. The Morgan fingerprint density at radius 2 is 2.29 bits per heavy atom. The number of nitrogens with zero attached hydrogens (tertiary/aromatic N) is 1. The third kappa shape index (κ3) is 5.30. The van der Waals surface area contributed by atoms with Crippen LogP contribution >= 0.6 is 11.6 Å². The van der Waals surface area contributed by atoms with Crippen LogP contribution in [0, 0.1) is 5.92 Å². The molecule has 0 radical (unpaired) electrons. The summed E-state index contributed by atoms with van der Waals surface area (Å²) in [5.74, 6) is 0.338. The van der Waals surface area contributed by atoms with E-state index in [1.165, 1.54) is 12.7 Å². The number of rotatable bonds is 5. The molecule has 0 aromatic heterocycles. The SMILES string of the molecule is COC(=O)CCN1CC(N)CC(Cc2cccc(Cl)c2)C1. The second-order valence-corrected chi connectivity index (χ2v) is 6.22. The average Bonchev–Trinajstić information content (AvgIpc) is 2.44. The molecule has 0 bridgehead atoms. The van der Waals surface area contributed by atoms with Gasteiger partial charge in [-0.1, -0.05) is 23.7 Å². The van der Waals surface area contributed by atoms with Crippen LogP contribution in [-0.4, -0.2) is 43.7 Å². The molecule has 2 unspecified atom stereocenters. The van der Waals surface area contributed by atoms with Crippen LogP contribution in [0.3, 0.4) is 0 Å². The number of ether oxygens (including phenoxy) is 1. The Balaban J connectivity index is 1.89. The van der Waals surface area contributed by atoms with Crippen LogP contribution in [0.25, 0.3) is 0 Å². The minimum atomic E-state index is -0.166. The van der Waals surface area contributed by atoms with E-state index in [1.807, 2.05) is 18.2 Å². The molecule has 1 aliphatic heterocycles. The summed E-state index contributed by atoms with van der Waals surface area (Å²) in [5, 5.41) is 0.773. The number of hydrogen-bond donors (Lipinski definition) is 1. The van der Waals surface area contributed by atoms with Gasteiger partial charge in [0.05, 0.1) is 13.5 Å². The average molecular weight is 311 g/mol. The first-order chi connectivity index (χ1) is 10.1. The van der Waals surface area contributed by atoms with E-state index in [1.54, 1.807) is 0 Å². The van der Waals surface area contributed by atoms with Gasteiger partial charge in [0.25, 0.3) is 0 Å². The van der Waals surface area contributed by atoms with Gasteiger partial charge in [0.1, 0.15) is 0 Å². The van der Waals surface area contributed by atoms with Crippen LogP contribution in [0.1, 0.15) is 18.4 Å². The van der Waals surface area contributed by atoms with Gasteiger partial charge in [0, 0.05) is 30.7 Å². The minimum absolute atomic E-state index is 0.166. The molecule has 1 fully saturated rings. The largest absolute Gasteiger partial charge is 0.469 e. The number of methoxy groups -OCH3 is 1. The predicted molar refractivity (Wildman–Crippen MR) is 84.3 cm³/mol. The van der Waals surface area contributed by atoms with Gasteiger partial charge in [0.15, 0.2) is 0 Å². The third-order valence-electron chi connectivity index (χ3n) is 3.92. The molecule has 2 atom stereocenters. The topological polar surface area (TPSA) is 55.6 Å². The van der Waals surface area contributed by atoms with E-state index in [4.69, 9.17) is 22.1 Å². The third-order valence-corrected chi connectivity index (χ3v) is 4.15. The number of likely N-dealkylation sites (tertiary alicyclic amines) is 1. The van der Waals surface area contributed by atoms with E-state index < -0.39 is 0 Å². The Morgan fingerprint density at radius 3 is 3.00 bits per heavy atom. The molecule has 0 spiro atoms. The fourth-order valence-electron chi connectivity index (χ4n) is 3.03. The monoisotopic (exact) mass is 310 g/mol. The van der Waals surface area contributed by atoms with Crippen LogP contribution in [-0.2, 0) is 16.0 Å². The molecule has 116 valence electrons. The first-order valence-corrected chi connectivity index (χ1v) is 7.74. The van der Waals surface area contributed by atoms with Crippen molar-refractivity contribution in [2.45, 2.75) is 25.3 Å². The number of esters is 1. The van der Waals surface area contributed by atoms with Crippen molar-refractivity contribution in [3.63, 3.8) is 0 Å². The normalized spacial score (nSPS) is 23.0. The second kappa shape index (κ2) is 7.78. The summed E-state index contributed by atoms with van der Waals surface area (Å²) in [7, 11) is 1.42. The summed E-state index contributed by atoms with van der Waals surface area (Å²) in [5.41, 5.74) is 7.40. The van der Waals surface area contributed by atoms with Crippen molar-refractivity contribution in [2.75, 3.05) is 26.7 Å². The van der Waals surface area contributed by atoms with E-state index in [-0.39, 0.29) is 12.0 Å². The summed E-state index contributed by atoms with van der Waals surface area (Å²) in [6, 6.07) is 8.15. The lowest BCUT2D eigenvalue weighted by molar-refractivity contribution is -0.141. The first kappa shape index (κ1) is 16.3. The zero-order chi connectivity index (χ0) is 15.2. The number of nitrogens with two attached hydrogens (primary N) is 1. The zero-order valence-electron chi connectivity index (χ0n) is 12.4. The highest BCUT2D eigenvalue weighted by atomic mass is 35.5. The summed E-state index contributed by atoms with van der Waals surface area (Å²) < 4.78 is 4.69. The molecule has 4 nitrogen and oxygen atoms in total. The van der Waals surface area contributed by atoms with Crippen LogP contribution in [0.4, 0.5) is 0 Å². The predicted octanol–water partition coefficient (Wildman–Crippen LogP) is 2.09. The van der Waals surface area contributed by atoms with Crippen molar-refractivity contribution in [2.24, 2.45) is 11.7 Å². The maximum Gasteiger partial charge on any atom is 0.306 e. The Bertz CT molecular complexity index is 481. The number of halogens is 1. The molecule has 1 aromatic carbocycles. The van der Waals surface area contributed by atoms with E-state index in [2.05, 4.69) is 11.0 Å². The fourth-order valence-corrected chi connectivity index (χ4v) is 3.24. The molecule has 1 aliphatic rings. The molecular weight excluding hydrogens is 288 g/mol. The highest BCUT2D eigenvalue weighted by molar-refractivity contribution is 6.30. The van der Waals surface area contributed by atoms with Gasteiger partial charge in [0.2, 0.25) is 0 Å².